The number of benzene rings is 2. The van der Waals surface area contributed by atoms with E-state index in [0.717, 1.165) is 62.3 Å². The van der Waals surface area contributed by atoms with Crippen molar-refractivity contribution in [1.29, 1.82) is 0 Å². The van der Waals surface area contributed by atoms with Gasteiger partial charge in [0, 0.05) is 19.2 Å². The molecule has 2 fully saturated rings. The fraction of sp³-hybridized carbons (Fsp3) is 0.486. The van der Waals surface area contributed by atoms with E-state index in [0.29, 0.717) is 54.1 Å². The highest BCUT2D eigenvalue weighted by Gasteiger charge is 2.39. The molecule has 3 aliphatic heterocycles. The standard InChI is InChI=1S/C35H40ClN5O5/c1-35(2)26-18-23(8-9-28(26)41-29-7-5-6-27(36)32(29)33(44)37-34(35)41)22-10-14-39(15-11-22)13-3-4-17-45-30-19-25(46-38-30)20-31(43)40-16-12-24(42)21-40/h5-9,18-19,22,24,42H,3-4,10-17,20-21H2,1-2H3. The molecule has 5 heterocycles. The van der Waals surface area contributed by atoms with Crippen molar-refractivity contribution in [1.82, 2.24) is 24.5 Å². The molecule has 0 saturated carbocycles. The highest BCUT2D eigenvalue weighted by molar-refractivity contribution is 6.35. The number of hydrogen-bond acceptors (Lipinski definition) is 8. The second-order valence-corrected chi connectivity index (χ2v) is 13.8. The Kier molecular flexibility index (Phi) is 8.37. The molecule has 4 aromatic rings. The first-order valence-electron chi connectivity index (χ1n) is 16.3. The molecular formula is C35H40ClN5O5. The van der Waals surface area contributed by atoms with Gasteiger partial charge in [0.05, 0.1) is 46.2 Å². The van der Waals surface area contributed by atoms with E-state index in [2.05, 4.69) is 51.7 Å². The molecule has 0 bridgehead atoms. The molecule has 0 spiro atoms. The molecule has 11 heteroatoms. The van der Waals surface area contributed by atoms with Gasteiger partial charge in [-0.2, -0.15) is 4.98 Å². The molecule has 1 unspecified atom stereocenters. The van der Waals surface area contributed by atoms with Crippen LogP contribution in [0.4, 0.5) is 0 Å². The van der Waals surface area contributed by atoms with Gasteiger partial charge in [0.2, 0.25) is 5.91 Å². The van der Waals surface area contributed by atoms with Crippen LogP contribution in [-0.2, 0) is 16.6 Å². The Bertz CT molecular complexity index is 1830. The molecule has 1 N–H and O–H groups in total. The molecule has 3 aliphatic rings. The zero-order valence-electron chi connectivity index (χ0n) is 26.4. The van der Waals surface area contributed by atoms with Crippen molar-refractivity contribution in [3.8, 4) is 11.6 Å². The van der Waals surface area contributed by atoms with Crippen LogP contribution in [0.25, 0.3) is 16.6 Å². The molecule has 10 nitrogen and oxygen atoms in total. The minimum atomic E-state index is -0.434. The van der Waals surface area contributed by atoms with Gasteiger partial charge in [0.25, 0.3) is 11.4 Å². The van der Waals surface area contributed by atoms with E-state index >= 15 is 0 Å². The number of hydrogen-bond donors (Lipinski definition) is 1. The molecule has 0 radical (unpaired) electrons. The van der Waals surface area contributed by atoms with Crippen molar-refractivity contribution in [2.24, 2.45) is 0 Å². The summed E-state index contributed by atoms with van der Waals surface area (Å²) < 4.78 is 13.2. The number of aromatic nitrogens is 3. The lowest BCUT2D eigenvalue weighted by Gasteiger charge is -2.32. The number of likely N-dealkylation sites (tertiary alicyclic amines) is 2. The summed E-state index contributed by atoms with van der Waals surface area (Å²) in [5, 5.41) is 14.5. The van der Waals surface area contributed by atoms with Crippen LogP contribution < -0.4 is 10.3 Å². The fourth-order valence-corrected chi connectivity index (χ4v) is 7.54. The summed E-state index contributed by atoms with van der Waals surface area (Å²) in [5.41, 5.74) is 3.75. The maximum atomic E-state index is 13.0. The number of aliphatic hydroxyl groups excluding tert-OH is 1. The normalized spacial score (nSPS) is 19.5. The third-order valence-electron chi connectivity index (χ3n) is 9.92. The first-order chi connectivity index (χ1) is 22.2. The van der Waals surface area contributed by atoms with Gasteiger partial charge in [-0.05, 0) is 106 Å². The van der Waals surface area contributed by atoms with E-state index < -0.39 is 11.5 Å². The Morgan fingerprint density at radius 2 is 1.93 bits per heavy atom. The summed E-state index contributed by atoms with van der Waals surface area (Å²) in [7, 11) is 0. The molecule has 2 aromatic carbocycles. The summed E-state index contributed by atoms with van der Waals surface area (Å²) in [4.78, 5) is 34.0. The van der Waals surface area contributed by atoms with E-state index in [9.17, 15) is 14.7 Å². The number of β-amino-alcohol motifs (C(OH)–C–C–N with tert-alkyl or cyclic N) is 1. The predicted octanol–water partition coefficient (Wildman–Crippen LogP) is 4.84. The SMILES string of the molecule is CC1(C)c2cc(C3CCN(CCCCOc4cc(CC(=O)N5CCC(O)C5)on4)CC3)ccc2-n2c1nc(=O)c1c(Cl)cccc12. The maximum absolute atomic E-state index is 13.0. The lowest BCUT2D eigenvalue weighted by atomic mass is 9.81. The van der Waals surface area contributed by atoms with Crippen molar-refractivity contribution in [3.63, 3.8) is 0 Å². The van der Waals surface area contributed by atoms with E-state index in [1.165, 1.54) is 11.1 Å². The molecule has 1 atom stereocenters. The zero-order valence-corrected chi connectivity index (χ0v) is 27.1. The number of rotatable bonds is 9. The predicted molar refractivity (Wildman–Crippen MR) is 175 cm³/mol. The molecule has 0 aliphatic carbocycles. The quantitative estimate of drug-likeness (QED) is 0.257. The highest BCUT2D eigenvalue weighted by Crippen LogP contribution is 2.44. The van der Waals surface area contributed by atoms with Crippen LogP contribution in [0.5, 0.6) is 5.88 Å². The number of halogens is 1. The molecular weight excluding hydrogens is 606 g/mol. The maximum Gasteiger partial charge on any atom is 0.282 e. The third-order valence-corrected chi connectivity index (χ3v) is 10.2. The smallest absolute Gasteiger partial charge is 0.282 e. The number of unbranched alkanes of at least 4 members (excludes halogenated alkanes) is 1. The Morgan fingerprint density at radius 3 is 2.72 bits per heavy atom. The summed E-state index contributed by atoms with van der Waals surface area (Å²) in [6.45, 7) is 8.93. The lowest BCUT2D eigenvalue weighted by molar-refractivity contribution is -0.130. The van der Waals surface area contributed by atoms with E-state index in [1.54, 1.807) is 17.0 Å². The van der Waals surface area contributed by atoms with Crippen LogP contribution in [0.15, 0.2) is 51.8 Å². The van der Waals surface area contributed by atoms with Crippen LogP contribution in [0.3, 0.4) is 0 Å². The Hall–Kier alpha value is -3.73. The Morgan fingerprint density at radius 1 is 1.11 bits per heavy atom. The number of carbonyl (C=O) groups excluding carboxylic acids is 1. The minimum Gasteiger partial charge on any atom is -0.476 e. The Balaban J connectivity index is 0.894. The minimum absolute atomic E-state index is 0.0664. The summed E-state index contributed by atoms with van der Waals surface area (Å²) >= 11 is 6.42. The van der Waals surface area contributed by atoms with Gasteiger partial charge >= 0.3 is 0 Å². The number of ether oxygens (including phenoxy) is 1. The number of piperidine rings is 1. The van der Waals surface area contributed by atoms with Crippen LogP contribution >= 0.6 is 11.6 Å². The average Bonchev–Trinajstić information content (AvgIpc) is 3.74. The van der Waals surface area contributed by atoms with Crippen LogP contribution in [0.1, 0.15) is 74.6 Å². The molecule has 2 saturated heterocycles. The third kappa shape index (κ3) is 5.82. The van der Waals surface area contributed by atoms with Gasteiger partial charge in [-0.15, -0.1) is 0 Å². The van der Waals surface area contributed by atoms with Gasteiger partial charge in [-0.3, -0.25) is 14.2 Å². The van der Waals surface area contributed by atoms with Gasteiger partial charge in [-0.1, -0.05) is 29.8 Å². The summed E-state index contributed by atoms with van der Waals surface area (Å²) in [6.07, 6.45) is 4.46. The van der Waals surface area contributed by atoms with Gasteiger partial charge in [0.15, 0.2) is 0 Å². The molecule has 1 amide bonds. The number of carbonyl (C=O) groups is 1. The van der Waals surface area contributed by atoms with Crippen molar-refractivity contribution in [2.45, 2.75) is 69.8 Å². The molecule has 46 heavy (non-hydrogen) atoms. The zero-order chi connectivity index (χ0) is 32.0. The van der Waals surface area contributed by atoms with Crippen LogP contribution in [0, 0.1) is 0 Å². The van der Waals surface area contributed by atoms with Crippen molar-refractivity contribution < 1.29 is 19.2 Å². The summed E-state index contributed by atoms with van der Waals surface area (Å²) in [5.74, 6) is 2.07. The topological polar surface area (TPSA) is 114 Å². The van der Waals surface area contributed by atoms with Gasteiger partial charge < -0.3 is 24.2 Å². The molecule has 7 rings (SSSR count). The summed E-state index contributed by atoms with van der Waals surface area (Å²) in [6, 6.07) is 14.0. The number of aliphatic hydroxyl groups is 1. The van der Waals surface area contributed by atoms with E-state index in [4.69, 9.17) is 20.9 Å². The molecule has 242 valence electrons. The van der Waals surface area contributed by atoms with Crippen molar-refractivity contribution in [2.75, 3.05) is 39.3 Å². The van der Waals surface area contributed by atoms with Gasteiger partial charge in [0.1, 0.15) is 11.6 Å². The molecule has 2 aromatic heterocycles. The average molecular weight is 646 g/mol. The second kappa shape index (κ2) is 12.5. The largest absolute Gasteiger partial charge is 0.476 e. The number of amides is 1. The Labute approximate surface area is 272 Å². The highest BCUT2D eigenvalue weighted by atomic mass is 35.5. The fourth-order valence-electron chi connectivity index (χ4n) is 7.29. The van der Waals surface area contributed by atoms with E-state index in [1.807, 2.05) is 12.1 Å². The number of fused-ring (bicyclic) bond motifs is 5. The van der Waals surface area contributed by atoms with Crippen LogP contribution in [-0.4, -0.2) is 81.0 Å². The first-order valence-corrected chi connectivity index (χ1v) is 16.7. The monoisotopic (exact) mass is 645 g/mol. The van der Waals surface area contributed by atoms with Gasteiger partial charge in [-0.25, -0.2) is 0 Å². The van der Waals surface area contributed by atoms with E-state index in [-0.39, 0.29) is 17.9 Å². The lowest BCUT2D eigenvalue weighted by Crippen LogP contribution is -2.33. The first kappa shape index (κ1) is 30.9. The number of nitrogens with zero attached hydrogens (tertiary/aromatic N) is 5. The van der Waals surface area contributed by atoms with Crippen LogP contribution in [0.2, 0.25) is 5.02 Å². The van der Waals surface area contributed by atoms with Crippen molar-refractivity contribution in [3.05, 3.63) is 80.6 Å². The second-order valence-electron chi connectivity index (χ2n) is 13.4. The van der Waals surface area contributed by atoms with Crippen molar-refractivity contribution >= 4 is 28.4 Å².